The van der Waals surface area contributed by atoms with Crippen molar-refractivity contribution in [2.75, 3.05) is 0 Å². The van der Waals surface area contributed by atoms with E-state index in [1.54, 1.807) is 0 Å². The lowest BCUT2D eigenvalue weighted by Crippen LogP contribution is -2.11. The molecule has 3 nitrogen and oxygen atoms in total. The molecule has 0 saturated carbocycles. The van der Waals surface area contributed by atoms with E-state index in [4.69, 9.17) is 0 Å². The molecular weight excluding hydrogens is 236 g/mol. The lowest BCUT2D eigenvalue weighted by molar-refractivity contribution is 0.914. The van der Waals surface area contributed by atoms with Crippen molar-refractivity contribution >= 4 is 10.8 Å². The monoisotopic (exact) mass is 250 g/mol. The Morgan fingerprint density at radius 1 is 1.11 bits per heavy atom. The second-order valence-corrected chi connectivity index (χ2v) is 4.56. The molecule has 0 radical (unpaired) electrons. The topological polar surface area (TPSA) is 45.8 Å². The Balaban J connectivity index is 2.04. The van der Waals surface area contributed by atoms with Crippen LogP contribution < -0.4 is 5.56 Å². The van der Waals surface area contributed by atoms with Crippen LogP contribution >= 0.6 is 0 Å². The van der Waals surface area contributed by atoms with E-state index in [0.29, 0.717) is 5.39 Å². The first-order valence-corrected chi connectivity index (χ1v) is 6.32. The third-order valence-electron chi connectivity index (χ3n) is 3.24. The van der Waals surface area contributed by atoms with Crippen LogP contribution in [0, 0.1) is 0 Å². The number of H-pyrrole nitrogens is 1. The summed E-state index contributed by atoms with van der Waals surface area (Å²) in [5.74, 6) is 0. The van der Waals surface area contributed by atoms with Gasteiger partial charge in [-0.3, -0.25) is 4.79 Å². The molecule has 0 amide bonds. The molecule has 0 atom stereocenters. The third kappa shape index (κ3) is 2.40. The predicted molar refractivity (Wildman–Crippen MR) is 77.0 cm³/mol. The van der Waals surface area contributed by atoms with Crippen molar-refractivity contribution < 1.29 is 0 Å². The van der Waals surface area contributed by atoms with Crippen LogP contribution in [0.1, 0.15) is 12.1 Å². The molecule has 1 N–H and O–H groups in total. The second kappa shape index (κ2) is 5.06. The molecular formula is C16H14N2O. The first kappa shape index (κ1) is 11.7. The van der Waals surface area contributed by atoms with Gasteiger partial charge < -0.3 is 0 Å². The van der Waals surface area contributed by atoms with Gasteiger partial charge in [-0.05, 0) is 12.5 Å². The Hall–Kier alpha value is -2.42. The number of aromatic nitrogens is 2. The highest BCUT2D eigenvalue weighted by Gasteiger charge is 2.07. The van der Waals surface area contributed by atoms with Gasteiger partial charge in [0, 0.05) is 11.8 Å². The molecule has 0 aliphatic heterocycles. The van der Waals surface area contributed by atoms with Gasteiger partial charge in [0.05, 0.1) is 11.1 Å². The number of nitrogens with zero attached hydrogens (tertiary/aromatic N) is 1. The molecule has 1 aliphatic carbocycles. The minimum Gasteiger partial charge on any atom is -0.267 e. The molecule has 94 valence electrons. The van der Waals surface area contributed by atoms with Gasteiger partial charge in [0.1, 0.15) is 0 Å². The van der Waals surface area contributed by atoms with Crippen molar-refractivity contribution in [2.24, 2.45) is 0 Å². The molecule has 2 aromatic rings. The highest BCUT2D eigenvalue weighted by atomic mass is 16.1. The first-order valence-electron chi connectivity index (χ1n) is 6.32. The molecule has 1 aromatic heterocycles. The SMILES string of the molecule is O=c1[nH]nc(CC2=CC=CC=CC2)c2ccccc12. The summed E-state index contributed by atoms with van der Waals surface area (Å²) in [5, 5.41) is 8.42. The smallest absolute Gasteiger partial charge is 0.267 e. The van der Waals surface area contributed by atoms with E-state index < -0.39 is 0 Å². The van der Waals surface area contributed by atoms with Gasteiger partial charge in [0.15, 0.2) is 0 Å². The van der Waals surface area contributed by atoms with Crippen LogP contribution in [0.5, 0.6) is 0 Å². The summed E-state index contributed by atoms with van der Waals surface area (Å²) in [6.07, 6.45) is 12.0. The number of hydrogen-bond donors (Lipinski definition) is 1. The Kier molecular flexibility index (Phi) is 3.11. The maximum atomic E-state index is 11.7. The number of nitrogens with one attached hydrogen (secondary N) is 1. The molecule has 1 aromatic carbocycles. The van der Waals surface area contributed by atoms with E-state index in [2.05, 4.69) is 22.3 Å². The molecule has 3 heteroatoms. The Bertz CT molecular complexity index is 751. The normalized spacial score (nSPS) is 14.4. The number of fused-ring (bicyclic) bond motifs is 1. The summed E-state index contributed by atoms with van der Waals surface area (Å²) < 4.78 is 0. The van der Waals surface area contributed by atoms with Crippen molar-refractivity contribution in [3.05, 3.63) is 76.3 Å². The average Bonchev–Trinajstić information content (AvgIpc) is 2.71. The Labute approximate surface area is 111 Å². The van der Waals surface area contributed by atoms with Crippen LogP contribution in [-0.4, -0.2) is 10.2 Å². The van der Waals surface area contributed by atoms with Crippen molar-refractivity contribution in [1.82, 2.24) is 10.2 Å². The van der Waals surface area contributed by atoms with Gasteiger partial charge in [-0.25, -0.2) is 5.10 Å². The number of rotatable bonds is 2. The fourth-order valence-electron chi connectivity index (χ4n) is 2.27. The molecule has 0 saturated heterocycles. The van der Waals surface area contributed by atoms with Crippen LogP contribution in [0.15, 0.2) is 65.0 Å². The zero-order valence-electron chi connectivity index (χ0n) is 10.5. The molecule has 19 heavy (non-hydrogen) atoms. The summed E-state index contributed by atoms with van der Waals surface area (Å²) in [4.78, 5) is 11.7. The standard InChI is InChI=1S/C16H14N2O/c19-16-14-10-6-5-9-13(14)15(17-18-16)11-12-7-3-1-2-4-8-12/h1-7,9-10H,8,11H2,(H,18,19). The summed E-state index contributed by atoms with van der Waals surface area (Å²) in [6.45, 7) is 0. The number of aromatic amines is 1. The lowest BCUT2D eigenvalue weighted by Gasteiger charge is -2.06. The van der Waals surface area contributed by atoms with E-state index >= 15 is 0 Å². The molecule has 1 heterocycles. The van der Waals surface area contributed by atoms with Crippen molar-refractivity contribution in [1.29, 1.82) is 0 Å². The maximum absolute atomic E-state index is 11.7. The molecule has 0 bridgehead atoms. The van der Waals surface area contributed by atoms with Gasteiger partial charge in [-0.1, -0.05) is 54.2 Å². The highest BCUT2D eigenvalue weighted by molar-refractivity contribution is 5.83. The fourth-order valence-corrected chi connectivity index (χ4v) is 2.27. The maximum Gasteiger partial charge on any atom is 0.272 e. The van der Waals surface area contributed by atoms with Crippen molar-refractivity contribution in [2.45, 2.75) is 12.8 Å². The zero-order valence-corrected chi connectivity index (χ0v) is 10.5. The second-order valence-electron chi connectivity index (χ2n) is 4.56. The van der Waals surface area contributed by atoms with Crippen molar-refractivity contribution in [3.8, 4) is 0 Å². The number of benzene rings is 1. The van der Waals surface area contributed by atoms with E-state index in [1.807, 2.05) is 42.5 Å². The Morgan fingerprint density at radius 3 is 2.84 bits per heavy atom. The molecule has 3 rings (SSSR count). The van der Waals surface area contributed by atoms with Crippen LogP contribution in [0.3, 0.4) is 0 Å². The van der Waals surface area contributed by atoms with E-state index in [1.165, 1.54) is 5.57 Å². The highest BCUT2D eigenvalue weighted by Crippen LogP contribution is 2.18. The molecule has 0 unspecified atom stereocenters. The summed E-state index contributed by atoms with van der Waals surface area (Å²) in [6, 6.07) is 7.60. The number of allylic oxidation sites excluding steroid dienone is 6. The van der Waals surface area contributed by atoms with E-state index in [-0.39, 0.29) is 5.56 Å². The predicted octanol–water partition coefficient (Wildman–Crippen LogP) is 2.91. The summed E-state index contributed by atoms with van der Waals surface area (Å²) in [7, 11) is 0. The summed E-state index contributed by atoms with van der Waals surface area (Å²) >= 11 is 0. The largest absolute Gasteiger partial charge is 0.272 e. The van der Waals surface area contributed by atoms with Gasteiger partial charge >= 0.3 is 0 Å². The van der Waals surface area contributed by atoms with Crippen LogP contribution in [0.4, 0.5) is 0 Å². The van der Waals surface area contributed by atoms with Crippen LogP contribution in [-0.2, 0) is 6.42 Å². The zero-order chi connectivity index (χ0) is 13.1. The molecule has 1 aliphatic rings. The van der Waals surface area contributed by atoms with Crippen LogP contribution in [0.25, 0.3) is 10.8 Å². The van der Waals surface area contributed by atoms with Crippen LogP contribution in [0.2, 0.25) is 0 Å². The first-order chi connectivity index (χ1) is 9.34. The number of hydrogen-bond acceptors (Lipinski definition) is 2. The van der Waals surface area contributed by atoms with Gasteiger partial charge in [-0.2, -0.15) is 5.10 Å². The quantitative estimate of drug-likeness (QED) is 0.890. The van der Waals surface area contributed by atoms with Gasteiger partial charge in [-0.15, -0.1) is 0 Å². The average molecular weight is 250 g/mol. The van der Waals surface area contributed by atoms with Crippen molar-refractivity contribution in [3.63, 3.8) is 0 Å². The summed E-state index contributed by atoms with van der Waals surface area (Å²) in [5.41, 5.74) is 2.08. The minimum absolute atomic E-state index is 0.131. The molecule has 0 fully saturated rings. The third-order valence-corrected chi connectivity index (χ3v) is 3.24. The van der Waals surface area contributed by atoms with Gasteiger partial charge in [0.2, 0.25) is 0 Å². The van der Waals surface area contributed by atoms with E-state index in [0.717, 1.165) is 23.9 Å². The fraction of sp³-hybridized carbons (Fsp3) is 0.125. The van der Waals surface area contributed by atoms with E-state index in [9.17, 15) is 4.79 Å². The minimum atomic E-state index is -0.131. The lowest BCUT2D eigenvalue weighted by atomic mass is 10.0. The Morgan fingerprint density at radius 2 is 1.95 bits per heavy atom. The van der Waals surface area contributed by atoms with Gasteiger partial charge in [0.25, 0.3) is 5.56 Å². The molecule has 0 spiro atoms.